The summed E-state index contributed by atoms with van der Waals surface area (Å²) in [6.07, 6.45) is 4.21. The van der Waals surface area contributed by atoms with Gasteiger partial charge in [-0.15, -0.1) is 11.3 Å². The van der Waals surface area contributed by atoms with Crippen molar-refractivity contribution in [3.8, 4) is 0 Å². The van der Waals surface area contributed by atoms with Crippen molar-refractivity contribution in [2.75, 3.05) is 19.6 Å². The van der Waals surface area contributed by atoms with E-state index in [0.29, 0.717) is 12.5 Å². The highest BCUT2D eigenvalue weighted by atomic mass is 32.1. The molecule has 0 spiro atoms. The second-order valence-electron chi connectivity index (χ2n) is 8.21. The number of rotatable bonds is 7. The number of hydrogen-bond acceptors (Lipinski definition) is 3. The van der Waals surface area contributed by atoms with Crippen molar-refractivity contribution in [2.45, 2.75) is 44.6 Å². The molecule has 1 amide bonds. The highest BCUT2D eigenvalue weighted by Crippen LogP contribution is 2.31. The molecule has 1 aliphatic rings. The molecule has 1 aromatic heterocycles. The molecule has 0 unspecified atom stereocenters. The average Bonchev–Trinajstić information content (AvgIpc) is 3.18. The molecule has 2 heterocycles. The van der Waals surface area contributed by atoms with Gasteiger partial charge in [-0.25, -0.2) is 4.98 Å². The molecule has 2 aromatic carbocycles. The molecular weight excluding hydrogens is 378 g/mol. The quantitative estimate of drug-likeness (QED) is 0.631. The number of aromatic nitrogens is 1. The molecule has 0 bridgehead atoms. The predicted molar refractivity (Wildman–Crippen MR) is 120 cm³/mol. The van der Waals surface area contributed by atoms with E-state index in [9.17, 15) is 4.79 Å². The van der Waals surface area contributed by atoms with E-state index in [1.165, 1.54) is 20.2 Å². The Bertz CT molecular complexity index is 898. The minimum Gasteiger partial charge on any atom is -0.349 e. The lowest BCUT2D eigenvalue weighted by molar-refractivity contribution is -0.897. The Balaban J connectivity index is 1.20. The number of likely N-dealkylation sites (tertiary alicyclic amines) is 1. The van der Waals surface area contributed by atoms with Gasteiger partial charge >= 0.3 is 0 Å². The standard InChI is InChI=1S/C24H29N3OS/c1-18(11-12-19-7-3-2-4-8-19)25-23(28)17-27-15-13-20(14-16-27)24-26-21-9-5-6-10-22(21)29-24/h2-10,18,20H,11-17H2,1H3,(H,25,28)/p+1/t18-/m0/s1. The van der Waals surface area contributed by atoms with Crippen molar-refractivity contribution < 1.29 is 9.69 Å². The number of carbonyl (C=O) groups is 1. The molecule has 1 fully saturated rings. The summed E-state index contributed by atoms with van der Waals surface area (Å²) >= 11 is 1.83. The van der Waals surface area contributed by atoms with Gasteiger partial charge in [0.05, 0.1) is 28.3 Å². The van der Waals surface area contributed by atoms with Crippen LogP contribution in [0, 0.1) is 0 Å². The number of piperidine rings is 1. The molecular formula is C24H30N3OS+. The average molecular weight is 409 g/mol. The van der Waals surface area contributed by atoms with Crippen molar-refractivity contribution in [3.05, 3.63) is 65.2 Å². The minimum absolute atomic E-state index is 0.180. The van der Waals surface area contributed by atoms with Gasteiger partial charge in [-0.2, -0.15) is 0 Å². The lowest BCUT2D eigenvalue weighted by atomic mass is 9.97. The molecule has 0 saturated carbocycles. The van der Waals surface area contributed by atoms with Crippen LogP contribution in [0.25, 0.3) is 10.2 Å². The van der Waals surface area contributed by atoms with Gasteiger partial charge in [-0.05, 0) is 37.5 Å². The van der Waals surface area contributed by atoms with Gasteiger partial charge in [0.2, 0.25) is 0 Å². The molecule has 4 rings (SSSR count). The van der Waals surface area contributed by atoms with Crippen molar-refractivity contribution in [2.24, 2.45) is 0 Å². The van der Waals surface area contributed by atoms with E-state index in [4.69, 9.17) is 4.98 Å². The second-order valence-corrected chi connectivity index (χ2v) is 9.28. The van der Waals surface area contributed by atoms with Crippen LogP contribution in [0.5, 0.6) is 0 Å². The van der Waals surface area contributed by atoms with Crippen LogP contribution in [0.2, 0.25) is 0 Å². The third-order valence-corrected chi connectivity index (χ3v) is 7.08. The fourth-order valence-electron chi connectivity index (χ4n) is 4.17. The van der Waals surface area contributed by atoms with E-state index in [0.717, 1.165) is 44.3 Å². The number of quaternary nitrogens is 1. The fraction of sp³-hybridized carbons (Fsp3) is 0.417. The summed E-state index contributed by atoms with van der Waals surface area (Å²) in [4.78, 5) is 18.7. The van der Waals surface area contributed by atoms with Crippen LogP contribution in [0.1, 0.15) is 42.7 Å². The van der Waals surface area contributed by atoms with Gasteiger partial charge in [0.15, 0.2) is 6.54 Å². The molecule has 5 heteroatoms. The first kappa shape index (κ1) is 20.0. The number of nitrogens with one attached hydrogen (secondary N) is 2. The number of carbonyl (C=O) groups excluding carboxylic acids is 1. The third kappa shape index (κ3) is 5.43. The van der Waals surface area contributed by atoms with Gasteiger partial charge in [0.25, 0.3) is 5.91 Å². The molecule has 1 atom stereocenters. The summed E-state index contributed by atoms with van der Waals surface area (Å²) in [6, 6.07) is 19.1. The van der Waals surface area contributed by atoms with Gasteiger partial charge < -0.3 is 10.2 Å². The highest BCUT2D eigenvalue weighted by molar-refractivity contribution is 7.18. The van der Waals surface area contributed by atoms with Crippen molar-refractivity contribution in [1.82, 2.24) is 10.3 Å². The zero-order valence-corrected chi connectivity index (χ0v) is 17.9. The van der Waals surface area contributed by atoms with E-state index in [-0.39, 0.29) is 11.9 Å². The zero-order valence-electron chi connectivity index (χ0n) is 17.1. The number of aryl methyl sites for hydroxylation is 1. The highest BCUT2D eigenvalue weighted by Gasteiger charge is 2.27. The van der Waals surface area contributed by atoms with E-state index in [1.807, 2.05) is 17.4 Å². The van der Waals surface area contributed by atoms with E-state index < -0.39 is 0 Å². The molecule has 1 aliphatic heterocycles. The van der Waals surface area contributed by atoms with Crippen LogP contribution >= 0.6 is 11.3 Å². The number of nitrogens with zero attached hydrogens (tertiary/aromatic N) is 1. The van der Waals surface area contributed by atoms with Crippen LogP contribution < -0.4 is 10.2 Å². The Morgan fingerprint density at radius 3 is 2.62 bits per heavy atom. The van der Waals surface area contributed by atoms with Crippen LogP contribution in [-0.2, 0) is 11.2 Å². The predicted octanol–water partition coefficient (Wildman–Crippen LogP) is 3.20. The number of thiazole rings is 1. The van der Waals surface area contributed by atoms with Gasteiger partial charge in [0.1, 0.15) is 0 Å². The van der Waals surface area contributed by atoms with Gasteiger partial charge in [-0.3, -0.25) is 4.79 Å². The molecule has 152 valence electrons. The molecule has 29 heavy (non-hydrogen) atoms. The Kier molecular flexibility index (Phi) is 6.57. The van der Waals surface area contributed by atoms with E-state index >= 15 is 0 Å². The summed E-state index contributed by atoms with van der Waals surface area (Å²) in [5, 5.41) is 4.46. The smallest absolute Gasteiger partial charge is 0.275 e. The lowest BCUT2D eigenvalue weighted by Gasteiger charge is -2.28. The first-order chi connectivity index (χ1) is 14.2. The monoisotopic (exact) mass is 408 g/mol. The van der Waals surface area contributed by atoms with Crippen LogP contribution in [-0.4, -0.2) is 36.6 Å². The molecule has 4 nitrogen and oxygen atoms in total. The van der Waals surface area contributed by atoms with E-state index in [1.54, 1.807) is 0 Å². The normalized spacial score (nSPS) is 20.4. The number of para-hydroxylation sites is 1. The molecule has 0 aliphatic carbocycles. The second kappa shape index (κ2) is 9.51. The lowest BCUT2D eigenvalue weighted by Crippen LogP contribution is -3.14. The fourth-order valence-corrected chi connectivity index (χ4v) is 5.30. The largest absolute Gasteiger partial charge is 0.349 e. The number of benzene rings is 2. The van der Waals surface area contributed by atoms with E-state index in [2.05, 4.69) is 60.8 Å². The maximum Gasteiger partial charge on any atom is 0.275 e. The topological polar surface area (TPSA) is 46.4 Å². The Morgan fingerprint density at radius 1 is 1.14 bits per heavy atom. The van der Waals surface area contributed by atoms with Crippen molar-refractivity contribution in [1.29, 1.82) is 0 Å². The summed E-state index contributed by atoms with van der Waals surface area (Å²) in [5.74, 6) is 0.725. The minimum atomic E-state index is 0.180. The summed E-state index contributed by atoms with van der Waals surface area (Å²) < 4.78 is 1.28. The van der Waals surface area contributed by atoms with Gasteiger partial charge in [0, 0.05) is 24.8 Å². The molecule has 0 radical (unpaired) electrons. The number of fused-ring (bicyclic) bond motifs is 1. The Morgan fingerprint density at radius 2 is 1.86 bits per heavy atom. The summed E-state index contributed by atoms with van der Waals surface area (Å²) in [7, 11) is 0. The Labute approximate surface area is 177 Å². The Hall–Kier alpha value is -2.24. The first-order valence-electron chi connectivity index (χ1n) is 10.7. The van der Waals surface area contributed by atoms with Gasteiger partial charge in [-0.1, -0.05) is 42.5 Å². The summed E-state index contributed by atoms with van der Waals surface area (Å²) in [5.41, 5.74) is 2.45. The molecule has 2 N–H and O–H groups in total. The van der Waals surface area contributed by atoms with Crippen molar-refractivity contribution in [3.63, 3.8) is 0 Å². The third-order valence-electron chi connectivity index (χ3n) is 5.88. The van der Waals surface area contributed by atoms with Crippen LogP contribution in [0.4, 0.5) is 0 Å². The summed E-state index contributed by atoms with van der Waals surface area (Å²) in [6.45, 7) is 4.79. The van der Waals surface area contributed by atoms with Crippen LogP contribution in [0.15, 0.2) is 54.6 Å². The SMILES string of the molecule is C[C@@H](CCc1ccccc1)NC(=O)C[NH+]1CCC(c2nc3ccccc3s2)CC1. The zero-order chi connectivity index (χ0) is 20.1. The first-order valence-corrected chi connectivity index (χ1v) is 11.5. The maximum absolute atomic E-state index is 12.5. The molecule has 1 saturated heterocycles. The maximum atomic E-state index is 12.5. The number of amides is 1. The van der Waals surface area contributed by atoms with Crippen molar-refractivity contribution >= 4 is 27.5 Å². The number of hydrogen-bond donors (Lipinski definition) is 2. The molecule has 3 aromatic rings. The van der Waals surface area contributed by atoms with Crippen LogP contribution in [0.3, 0.4) is 0 Å².